The molecule has 1 aromatic carbocycles. The van der Waals surface area contributed by atoms with E-state index in [2.05, 4.69) is 50.9 Å². The summed E-state index contributed by atoms with van der Waals surface area (Å²) >= 11 is 6.51. The molecule has 1 aliphatic heterocycles. The Hall–Kier alpha value is -0.770. The van der Waals surface area contributed by atoms with E-state index in [-0.39, 0.29) is 11.7 Å². The fraction of sp³-hybridized carbons (Fsp3) is 0.647. The van der Waals surface area contributed by atoms with E-state index in [1.54, 1.807) is 0 Å². The molecule has 0 amide bonds. The third kappa shape index (κ3) is 4.35. The fourth-order valence-electron chi connectivity index (χ4n) is 2.99. The number of morpholine rings is 1. The van der Waals surface area contributed by atoms with E-state index in [4.69, 9.17) is 16.3 Å². The maximum atomic E-state index is 6.51. The van der Waals surface area contributed by atoms with Gasteiger partial charge < -0.3 is 15.0 Å². The van der Waals surface area contributed by atoms with Gasteiger partial charge in [-0.05, 0) is 32.4 Å². The van der Waals surface area contributed by atoms with Crippen molar-refractivity contribution >= 4 is 17.3 Å². The summed E-state index contributed by atoms with van der Waals surface area (Å²) < 4.78 is 6.00. The molecule has 1 unspecified atom stereocenters. The minimum absolute atomic E-state index is 0.153. The van der Waals surface area contributed by atoms with Crippen LogP contribution in [-0.4, -0.2) is 30.8 Å². The van der Waals surface area contributed by atoms with Gasteiger partial charge >= 0.3 is 0 Å². The maximum Gasteiger partial charge on any atom is 0.0805 e. The van der Waals surface area contributed by atoms with Crippen molar-refractivity contribution in [2.45, 2.75) is 58.9 Å². The SMILES string of the molecule is CC(C)NCc1cccc(Cl)c1N1CC(C)OC(C)(C)C1. The van der Waals surface area contributed by atoms with Crippen molar-refractivity contribution in [1.29, 1.82) is 0 Å². The van der Waals surface area contributed by atoms with Crippen molar-refractivity contribution in [3.63, 3.8) is 0 Å². The number of para-hydroxylation sites is 1. The molecule has 1 aromatic rings. The topological polar surface area (TPSA) is 24.5 Å². The third-order valence-electron chi connectivity index (χ3n) is 3.66. The summed E-state index contributed by atoms with van der Waals surface area (Å²) in [4.78, 5) is 2.37. The van der Waals surface area contributed by atoms with E-state index in [0.717, 1.165) is 30.3 Å². The van der Waals surface area contributed by atoms with Crippen LogP contribution in [0.2, 0.25) is 5.02 Å². The zero-order valence-corrected chi connectivity index (χ0v) is 14.5. The molecule has 1 aliphatic rings. The first-order chi connectivity index (χ1) is 9.78. The molecule has 0 spiro atoms. The van der Waals surface area contributed by atoms with Crippen molar-refractivity contribution in [3.05, 3.63) is 28.8 Å². The lowest BCUT2D eigenvalue weighted by Crippen LogP contribution is -2.52. The Morgan fingerprint density at radius 2 is 2.14 bits per heavy atom. The second-order valence-corrected chi connectivity index (χ2v) is 7.26. The van der Waals surface area contributed by atoms with Gasteiger partial charge in [-0.2, -0.15) is 0 Å². The fourth-order valence-corrected chi connectivity index (χ4v) is 3.31. The Bertz CT molecular complexity index is 488. The Kier molecular flexibility index (Phi) is 5.18. The van der Waals surface area contributed by atoms with E-state index in [9.17, 15) is 0 Å². The number of hydrogen-bond donors (Lipinski definition) is 1. The predicted octanol–water partition coefficient (Wildman–Crippen LogP) is 3.84. The molecule has 1 heterocycles. The molecule has 0 bridgehead atoms. The van der Waals surface area contributed by atoms with Gasteiger partial charge in [0.2, 0.25) is 0 Å². The predicted molar refractivity (Wildman–Crippen MR) is 90.3 cm³/mol. The zero-order valence-electron chi connectivity index (χ0n) is 13.7. The second-order valence-electron chi connectivity index (χ2n) is 6.85. The molecule has 3 nitrogen and oxygen atoms in total. The first kappa shape index (κ1) is 16.6. The molecule has 1 saturated heterocycles. The minimum Gasteiger partial charge on any atom is -0.369 e. The van der Waals surface area contributed by atoms with Crippen molar-refractivity contribution in [3.8, 4) is 0 Å². The van der Waals surface area contributed by atoms with Crippen LogP contribution in [0.25, 0.3) is 0 Å². The smallest absolute Gasteiger partial charge is 0.0805 e. The molecule has 0 radical (unpaired) electrons. The van der Waals surface area contributed by atoms with Crippen LogP contribution in [0.5, 0.6) is 0 Å². The summed E-state index contributed by atoms with van der Waals surface area (Å²) in [6.07, 6.45) is 0.205. The van der Waals surface area contributed by atoms with Crippen LogP contribution in [0, 0.1) is 0 Å². The largest absolute Gasteiger partial charge is 0.369 e. The highest BCUT2D eigenvalue weighted by atomic mass is 35.5. The van der Waals surface area contributed by atoms with Gasteiger partial charge in [0.15, 0.2) is 0 Å². The summed E-state index contributed by atoms with van der Waals surface area (Å²) in [5.74, 6) is 0. The number of nitrogens with one attached hydrogen (secondary N) is 1. The van der Waals surface area contributed by atoms with Gasteiger partial charge in [-0.15, -0.1) is 0 Å². The molecule has 118 valence electrons. The molecule has 0 aromatic heterocycles. The number of hydrogen-bond acceptors (Lipinski definition) is 3. The van der Waals surface area contributed by atoms with Crippen LogP contribution in [0.15, 0.2) is 18.2 Å². The average molecular weight is 311 g/mol. The van der Waals surface area contributed by atoms with E-state index < -0.39 is 0 Å². The number of nitrogens with zero attached hydrogens (tertiary/aromatic N) is 1. The highest BCUT2D eigenvalue weighted by Crippen LogP contribution is 2.34. The lowest BCUT2D eigenvalue weighted by atomic mass is 10.0. The van der Waals surface area contributed by atoms with Crippen molar-refractivity contribution in [1.82, 2.24) is 5.32 Å². The summed E-state index contributed by atoms with van der Waals surface area (Å²) in [5, 5.41) is 4.31. The van der Waals surface area contributed by atoms with Crippen LogP contribution in [-0.2, 0) is 11.3 Å². The first-order valence-electron chi connectivity index (χ1n) is 7.72. The lowest BCUT2D eigenvalue weighted by Gasteiger charge is -2.43. The molecular weight excluding hydrogens is 284 g/mol. The van der Waals surface area contributed by atoms with Gasteiger partial charge in [-0.3, -0.25) is 0 Å². The summed E-state index contributed by atoms with van der Waals surface area (Å²) in [6, 6.07) is 6.61. The number of ether oxygens (including phenoxy) is 1. The summed E-state index contributed by atoms with van der Waals surface area (Å²) in [5.41, 5.74) is 2.25. The van der Waals surface area contributed by atoms with Crippen molar-refractivity contribution < 1.29 is 4.74 Å². The van der Waals surface area contributed by atoms with E-state index in [1.165, 1.54) is 5.56 Å². The number of anilines is 1. The molecule has 2 rings (SSSR count). The van der Waals surface area contributed by atoms with Gasteiger partial charge in [0.1, 0.15) is 0 Å². The molecule has 21 heavy (non-hydrogen) atoms. The standard InChI is InChI=1S/C17H27ClN2O/c1-12(2)19-9-14-7-6-8-15(18)16(14)20-10-13(3)21-17(4,5)11-20/h6-8,12-13,19H,9-11H2,1-5H3. The highest BCUT2D eigenvalue weighted by Gasteiger charge is 2.32. The van der Waals surface area contributed by atoms with Gasteiger partial charge in [0, 0.05) is 25.7 Å². The average Bonchev–Trinajstić information content (AvgIpc) is 2.33. The number of rotatable bonds is 4. The van der Waals surface area contributed by atoms with Crippen LogP contribution < -0.4 is 10.2 Å². The Morgan fingerprint density at radius 3 is 2.76 bits per heavy atom. The van der Waals surface area contributed by atoms with Crippen LogP contribution in [0.4, 0.5) is 5.69 Å². The van der Waals surface area contributed by atoms with E-state index >= 15 is 0 Å². The molecule has 4 heteroatoms. The minimum atomic E-state index is -0.153. The van der Waals surface area contributed by atoms with Crippen LogP contribution >= 0.6 is 11.6 Å². The molecule has 1 atom stereocenters. The third-order valence-corrected chi connectivity index (χ3v) is 3.96. The van der Waals surface area contributed by atoms with Gasteiger partial charge in [-0.25, -0.2) is 0 Å². The summed E-state index contributed by atoms with van der Waals surface area (Å²) in [6.45, 7) is 13.3. The lowest BCUT2D eigenvalue weighted by molar-refractivity contribution is -0.0750. The maximum absolute atomic E-state index is 6.51. The van der Waals surface area contributed by atoms with Crippen molar-refractivity contribution in [2.75, 3.05) is 18.0 Å². The Morgan fingerprint density at radius 1 is 1.43 bits per heavy atom. The zero-order chi connectivity index (χ0) is 15.6. The van der Waals surface area contributed by atoms with Gasteiger partial charge in [0.25, 0.3) is 0 Å². The van der Waals surface area contributed by atoms with Crippen LogP contribution in [0.3, 0.4) is 0 Å². The Labute approximate surface area is 133 Å². The van der Waals surface area contributed by atoms with Crippen molar-refractivity contribution in [2.24, 2.45) is 0 Å². The van der Waals surface area contributed by atoms with Crippen LogP contribution in [0.1, 0.15) is 40.2 Å². The molecule has 0 aliphatic carbocycles. The van der Waals surface area contributed by atoms with Gasteiger partial charge in [-0.1, -0.05) is 37.6 Å². The number of halogens is 1. The first-order valence-corrected chi connectivity index (χ1v) is 8.10. The number of benzene rings is 1. The molecular formula is C17H27ClN2O. The summed E-state index contributed by atoms with van der Waals surface area (Å²) in [7, 11) is 0. The van der Waals surface area contributed by atoms with Gasteiger partial charge in [0.05, 0.1) is 22.4 Å². The normalized spacial score (nSPS) is 21.9. The van der Waals surface area contributed by atoms with E-state index in [0.29, 0.717) is 6.04 Å². The highest BCUT2D eigenvalue weighted by molar-refractivity contribution is 6.33. The quantitative estimate of drug-likeness (QED) is 0.914. The van der Waals surface area contributed by atoms with E-state index in [1.807, 2.05) is 12.1 Å². The monoisotopic (exact) mass is 310 g/mol. The molecule has 0 saturated carbocycles. The Balaban J connectivity index is 2.29. The second kappa shape index (κ2) is 6.55. The molecule has 1 fully saturated rings. The molecule has 1 N–H and O–H groups in total.